The van der Waals surface area contributed by atoms with Gasteiger partial charge in [0.2, 0.25) is 0 Å². The maximum Gasteiger partial charge on any atom is 0.337 e. The van der Waals surface area contributed by atoms with E-state index in [0.717, 1.165) is 22.5 Å². The van der Waals surface area contributed by atoms with Crippen molar-refractivity contribution < 1.29 is 4.74 Å². The Balaban J connectivity index is 2.10. The van der Waals surface area contributed by atoms with Gasteiger partial charge in [-0.15, -0.1) is 0 Å². The lowest BCUT2D eigenvalue weighted by Gasteiger charge is -2.12. The fourth-order valence-electron chi connectivity index (χ4n) is 2.95. The van der Waals surface area contributed by atoms with Crippen LogP contribution in [0.2, 0.25) is 0 Å². The summed E-state index contributed by atoms with van der Waals surface area (Å²) in [6, 6.07) is 13.1. The van der Waals surface area contributed by atoms with Crippen molar-refractivity contribution in [2.45, 2.75) is 6.92 Å². The molecule has 0 bridgehead atoms. The van der Waals surface area contributed by atoms with Crippen molar-refractivity contribution in [3.05, 3.63) is 82.7 Å². The Labute approximate surface area is 152 Å². The van der Waals surface area contributed by atoms with Crippen molar-refractivity contribution in [1.82, 2.24) is 14.5 Å². The number of benzene rings is 2. The van der Waals surface area contributed by atoms with Crippen LogP contribution >= 0.6 is 0 Å². The van der Waals surface area contributed by atoms with E-state index in [1.807, 2.05) is 49.4 Å². The van der Waals surface area contributed by atoms with Gasteiger partial charge in [-0.05, 0) is 30.7 Å². The van der Waals surface area contributed by atoms with Gasteiger partial charge in [-0.25, -0.2) is 4.79 Å². The number of imidazole rings is 1. The minimum Gasteiger partial charge on any atom is -0.497 e. The van der Waals surface area contributed by atoms with E-state index in [4.69, 9.17) is 10.5 Å². The molecule has 2 aromatic carbocycles. The first-order valence-corrected chi connectivity index (χ1v) is 8.24. The molecule has 3 rings (SSSR count). The Kier molecular flexibility index (Phi) is 4.84. The molecule has 0 aliphatic rings. The summed E-state index contributed by atoms with van der Waals surface area (Å²) in [5, 5.41) is 2.93. The van der Waals surface area contributed by atoms with Crippen LogP contribution in [-0.2, 0) is 0 Å². The van der Waals surface area contributed by atoms with Crippen LogP contribution < -0.4 is 21.5 Å². The van der Waals surface area contributed by atoms with Crippen molar-refractivity contribution in [3.8, 4) is 17.1 Å². The number of rotatable bonds is 5. The van der Waals surface area contributed by atoms with Crippen LogP contribution in [0.3, 0.4) is 0 Å². The van der Waals surface area contributed by atoms with Gasteiger partial charge in [0, 0.05) is 37.3 Å². The van der Waals surface area contributed by atoms with Gasteiger partial charge in [-0.3, -0.25) is 9.13 Å². The predicted molar refractivity (Wildman–Crippen MR) is 104 cm³/mol. The van der Waals surface area contributed by atoms with E-state index in [1.165, 1.54) is 0 Å². The standard InChI is InChI=1S/C20H22N4O2/c1-14-17(18(21)13-22-2)8-5-9-19(14)24-11-10-23(20(24)25)15-6-4-7-16(12-15)26-3/h4-13,22H,21H2,1-3H3/b18-13-. The summed E-state index contributed by atoms with van der Waals surface area (Å²) in [6.07, 6.45) is 5.23. The van der Waals surface area contributed by atoms with Gasteiger partial charge in [0.05, 0.1) is 24.2 Å². The molecule has 0 aliphatic heterocycles. The van der Waals surface area contributed by atoms with Crippen LogP contribution in [0.25, 0.3) is 17.1 Å². The van der Waals surface area contributed by atoms with Gasteiger partial charge >= 0.3 is 5.69 Å². The Morgan fingerprint density at radius 2 is 1.88 bits per heavy atom. The average molecular weight is 350 g/mol. The van der Waals surface area contributed by atoms with Crippen molar-refractivity contribution >= 4 is 5.70 Å². The predicted octanol–water partition coefficient (Wildman–Crippen LogP) is 2.42. The Hall–Kier alpha value is -3.41. The third-order valence-corrected chi connectivity index (χ3v) is 4.28. The zero-order chi connectivity index (χ0) is 18.7. The molecule has 0 radical (unpaired) electrons. The second kappa shape index (κ2) is 7.23. The van der Waals surface area contributed by atoms with Crippen LogP contribution in [0.1, 0.15) is 11.1 Å². The number of nitrogens with zero attached hydrogens (tertiary/aromatic N) is 2. The molecule has 1 aromatic heterocycles. The number of nitrogens with two attached hydrogens (primary N) is 1. The highest BCUT2D eigenvalue weighted by Gasteiger charge is 2.12. The van der Waals surface area contributed by atoms with E-state index in [1.54, 1.807) is 41.9 Å². The second-order valence-electron chi connectivity index (χ2n) is 5.86. The fraction of sp³-hybridized carbons (Fsp3) is 0.150. The molecule has 134 valence electrons. The summed E-state index contributed by atoms with van der Waals surface area (Å²) in [4.78, 5) is 13.0. The molecule has 3 N–H and O–H groups in total. The monoisotopic (exact) mass is 350 g/mol. The smallest absolute Gasteiger partial charge is 0.337 e. The zero-order valence-corrected chi connectivity index (χ0v) is 15.1. The lowest BCUT2D eigenvalue weighted by atomic mass is 10.0. The van der Waals surface area contributed by atoms with Gasteiger partial charge in [-0.1, -0.05) is 18.2 Å². The molecule has 0 amide bonds. The molecule has 26 heavy (non-hydrogen) atoms. The average Bonchev–Trinajstić information content (AvgIpc) is 3.03. The molecule has 0 spiro atoms. The maximum atomic E-state index is 13.0. The first kappa shape index (κ1) is 17.4. The van der Waals surface area contributed by atoms with E-state index in [-0.39, 0.29) is 5.69 Å². The van der Waals surface area contributed by atoms with Crippen molar-refractivity contribution in [1.29, 1.82) is 0 Å². The zero-order valence-electron chi connectivity index (χ0n) is 15.1. The minimum atomic E-state index is -0.158. The summed E-state index contributed by atoms with van der Waals surface area (Å²) < 4.78 is 8.44. The quantitative estimate of drug-likeness (QED) is 0.741. The lowest BCUT2D eigenvalue weighted by Crippen LogP contribution is -2.22. The van der Waals surface area contributed by atoms with Crippen LogP contribution in [0.5, 0.6) is 5.75 Å². The van der Waals surface area contributed by atoms with Crippen LogP contribution in [0.4, 0.5) is 0 Å². The Morgan fingerprint density at radius 3 is 2.62 bits per heavy atom. The largest absolute Gasteiger partial charge is 0.497 e. The highest BCUT2D eigenvalue weighted by molar-refractivity contribution is 5.68. The van der Waals surface area contributed by atoms with Gasteiger partial charge in [0.25, 0.3) is 0 Å². The van der Waals surface area contributed by atoms with Crippen molar-refractivity contribution in [3.63, 3.8) is 0 Å². The van der Waals surface area contributed by atoms with E-state index in [0.29, 0.717) is 11.4 Å². The normalized spacial score (nSPS) is 11.4. The lowest BCUT2D eigenvalue weighted by molar-refractivity contribution is 0.414. The molecule has 0 saturated heterocycles. The maximum absolute atomic E-state index is 13.0. The van der Waals surface area contributed by atoms with Crippen LogP contribution in [0.15, 0.2) is 65.9 Å². The number of hydrogen-bond acceptors (Lipinski definition) is 4. The molecular formula is C20H22N4O2. The van der Waals surface area contributed by atoms with Crippen LogP contribution in [-0.4, -0.2) is 23.3 Å². The molecule has 0 aliphatic carbocycles. The van der Waals surface area contributed by atoms with Gasteiger partial charge in [-0.2, -0.15) is 0 Å². The number of methoxy groups -OCH3 is 1. The van der Waals surface area contributed by atoms with Crippen molar-refractivity contribution in [2.75, 3.05) is 14.2 Å². The third-order valence-electron chi connectivity index (χ3n) is 4.28. The summed E-state index contributed by atoms with van der Waals surface area (Å²) in [5.41, 5.74) is 9.93. The number of nitrogens with one attached hydrogen (secondary N) is 1. The number of ether oxygens (including phenoxy) is 1. The number of aromatic nitrogens is 2. The second-order valence-corrected chi connectivity index (χ2v) is 5.86. The number of hydrogen-bond donors (Lipinski definition) is 2. The molecule has 0 atom stereocenters. The molecule has 0 saturated carbocycles. The first-order valence-electron chi connectivity index (χ1n) is 8.24. The fourth-order valence-corrected chi connectivity index (χ4v) is 2.95. The van der Waals surface area contributed by atoms with Gasteiger partial charge in [0.15, 0.2) is 0 Å². The third kappa shape index (κ3) is 3.09. The van der Waals surface area contributed by atoms with E-state index >= 15 is 0 Å². The van der Waals surface area contributed by atoms with Gasteiger partial charge in [0.1, 0.15) is 5.75 Å². The Morgan fingerprint density at radius 1 is 1.15 bits per heavy atom. The van der Waals surface area contributed by atoms with E-state index < -0.39 is 0 Å². The highest BCUT2D eigenvalue weighted by atomic mass is 16.5. The molecule has 6 heteroatoms. The molecule has 1 heterocycles. The summed E-state index contributed by atoms with van der Waals surface area (Å²) in [7, 11) is 3.40. The summed E-state index contributed by atoms with van der Waals surface area (Å²) >= 11 is 0. The molecule has 0 fully saturated rings. The van der Waals surface area contributed by atoms with Crippen LogP contribution in [0, 0.1) is 6.92 Å². The Bertz CT molecular complexity index is 1010. The summed E-state index contributed by atoms with van der Waals surface area (Å²) in [5.74, 6) is 0.699. The molecular weight excluding hydrogens is 328 g/mol. The molecule has 0 unspecified atom stereocenters. The SMILES string of the molecule is CN/C=C(\N)c1cccc(-n2ccn(-c3cccc(OC)c3)c2=O)c1C. The summed E-state index contributed by atoms with van der Waals surface area (Å²) in [6.45, 7) is 1.95. The molecule has 3 aromatic rings. The van der Waals surface area contributed by atoms with Gasteiger partial charge < -0.3 is 15.8 Å². The van der Waals surface area contributed by atoms with Crippen molar-refractivity contribution in [2.24, 2.45) is 5.73 Å². The first-order chi connectivity index (χ1) is 12.6. The topological polar surface area (TPSA) is 74.2 Å². The minimum absolute atomic E-state index is 0.158. The van der Waals surface area contributed by atoms with E-state index in [2.05, 4.69) is 5.32 Å². The molecule has 6 nitrogen and oxygen atoms in total. The highest BCUT2D eigenvalue weighted by Crippen LogP contribution is 2.21. The van der Waals surface area contributed by atoms with E-state index in [9.17, 15) is 4.79 Å².